The van der Waals surface area contributed by atoms with E-state index >= 15 is 0 Å². The first-order valence-corrected chi connectivity index (χ1v) is 9.26. The summed E-state index contributed by atoms with van der Waals surface area (Å²) in [6.45, 7) is 0. The molecular weight excluding hydrogens is 430 g/mol. The second kappa shape index (κ2) is 8.49. The Balaban J connectivity index is 1.85. The molecule has 140 valence electrons. The summed E-state index contributed by atoms with van der Waals surface area (Å²) in [4.78, 5) is 5.34. The Kier molecular flexibility index (Phi) is 6.08. The molecule has 1 heterocycles. The molecule has 0 amide bonds. The van der Waals surface area contributed by atoms with Crippen LogP contribution in [0.1, 0.15) is 11.4 Å². The van der Waals surface area contributed by atoms with Gasteiger partial charge in [-0.1, -0.05) is 40.3 Å². The Hall–Kier alpha value is -2.45. The van der Waals surface area contributed by atoms with Crippen molar-refractivity contribution in [2.75, 3.05) is 21.3 Å². The van der Waals surface area contributed by atoms with E-state index in [1.54, 1.807) is 33.5 Å². The summed E-state index contributed by atoms with van der Waals surface area (Å²) < 4.78 is 17.1. The molecule has 6 nitrogen and oxygen atoms in total. The van der Waals surface area contributed by atoms with E-state index in [-0.39, 0.29) is 0 Å². The normalized spacial score (nSPS) is 10.5. The number of nitrogens with zero attached hydrogens (tertiary/aromatic N) is 2. The van der Waals surface area contributed by atoms with Crippen molar-refractivity contribution >= 4 is 33.0 Å². The minimum absolute atomic E-state index is 0.494. The second-order valence-corrected chi connectivity index (χ2v) is 7.04. The summed E-state index contributed by atoms with van der Waals surface area (Å²) in [6, 6.07) is 11.5. The number of hydrogen-bond donors (Lipinski definition) is 1. The van der Waals surface area contributed by atoms with Crippen LogP contribution in [-0.2, 0) is 6.42 Å². The number of H-pyrrole nitrogens is 1. The number of ether oxygens (including phenoxy) is 3. The maximum atomic E-state index is 5.52. The zero-order valence-electron chi connectivity index (χ0n) is 15.1. The predicted molar refractivity (Wildman–Crippen MR) is 111 cm³/mol. The van der Waals surface area contributed by atoms with Crippen molar-refractivity contribution in [3.8, 4) is 28.6 Å². The highest BCUT2D eigenvalue weighted by molar-refractivity contribution is 9.10. The van der Waals surface area contributed by atoms with Crippen molar-refractivity contribution in [3.05, 3.63) is 52.3 Å². The van der Waals surface area contributed by atoms with Gasteiger partial charge in [0.05, 0.1) is 21.3 Å². The summed E-state index contributed by atoms with van der Waals surface area (Å²) in [6.07, 6.45) is 0.494. The number of halogens is 1. The first-order valence-electron chi connectivity index (χ1n) is 8.06. The van der Waals surface area contributed by atoms with Crippen molar-refractivity contribution in [2.45, 2.75) is 6.42 Å². The fourth-order valence-electron chi connectivity index (χ4n) is 2.60. The van der Waals surface area contributed by atoms with Gasteiger partial charge < -0.3 is 14.2 Å². The number of nitrogens with one attached hydrogen (secondary N) is 1. The number of aromatic amines is 1. The van der Waals surface area contributed by atoms with Crippen molar-refractivity contribution in [3.63, 3.8) is 0 Å². The van der Waals surface area contributed by atoms with Gasteiger partial charge in [-0.3, -0.25) is 5.10 Å². The fraction of sp³-hybridized carbons (Fsp3) is 0.211. The Morgan fingerprint density at radius 2 is 1.67 bits per heavy atom. The highest BCUT2D eigenvalue weighted by atomic mass is 79.9. The summed E-state index contributed by atoms with van der Waals surface area (Å²) in [5.74, 6) is 2.83. The van der Waals surface area contributed by atoms with E-state index in [4.69, 9.17) is 26.4 Å². The lowest BCUT2D eigenvalue weighted by Crippen LogP contribution is -2.03. The summed E-state index contributed by atoms with van der Waals surface area (Å²) in [5, 5.41) is 7.25. The molecule has 0 radical (unpaired) electrons. The van der Waals surface area contributed by atoms with Crippen LogP contribution in [-0.4, -0.2) is 41.4 Å². The molecule has 0 fully saturated rings. The van der Waals surface area contributed by atoms with Gasteiger partial charge in [-0.25, -0.2) is 4.98 Å². The standard InChI is InChI=1S/C19H18BrN3O3S/c1-24-14-8-12(9-15(25-2)18(14)26-3)19-21-17(22-23-19)10-16(27)11-4-6-13(20)7-5-11/h4-9H,10H2,1-3H3,(H,21,22,23). The van der Waals surface area contributed by atoms with E-state index in [0.717, 1.165) is 20.5 Å². The molecule has 1 aromatic heterocycles. The lowest BCUT2D eigenvalue weighted by Gasteiger charge is -2.12. The lowest BCUT2D eigenvalue weighted by atomic mass is 10.1. The number of hydrogen-bond acceptors (Lipinski definition) is 6. The van der Waals surface area contributed by atoms with E-state index in [2.05, 4.69) is 31.1 Å². The van der Waals surface area contributed by atoms with Crippen LogP contribution in [0.4, 0.5) is 0 Å². The Bertz CT molecular complexity index is 932. The van der Waals surface area contributed by atoms with Gasteiger partial charge in [0.2, 0.25) is 5.75 Å². The molecule has 0 bridgehead atoms. The molecule has 0 aliphatic rings. The molecule has 3 rings (SSSR count). The number of thiocarbonyl (C=S) groups is 1. The van der Waals surface area contributed by atoms with E-state index in [1.165, 1.54) is 0 Å². The van der Waals surface area contributed by atoms with Crippen LogP contribution in [0.2, 0.25) is 0 Å². The van der Waals surface area contributed by atoms with Crippen LogP contribution >= 0.6 is 28.1 Å². The minimum atomic E-state index is 0.494. The maximum absolute atomic E-state index is 5.52. The number of aromatic nitrogens is 3. The minimum Gasteiger partial charge on any atom is -0.493 e. The van der Waals surface area contributed by atoms with Crippen LogP contribution in [0.5, 0.6) is 17.2 Å². The Labute approximate surface area is 171 Å². The van der Waals surface area contributed by atoms with Crippen LogP contribution in [0.3, 0.4) is 0 Å². The van der Waals surface area contributed by atoms with Gasteiger partial charge in [0.15, 0.2) is 17.3 Å². The molecule has 0 aliphatic heterocycles. The molecule has 0 unspecified atom stereocenters. The fourth-order valence-corrected chi connectivity index (χ4v) is 3.14. The van der Waals surface area contributed by atoms with Gasteiger partial charge in [-0.15, -0.1) is 0 Å². The third kappa shape index (κ3) is 4.28. The average molecular weight is 448 g/mol. The summed E-state index contributed by atoms with van der Waals surface area (Å²) >= 11 is 8.95. The highest BCUT2D eigenvalue weighted by Crippen LogP contribution is 2.40. The molecule has 1 N–H and O–H groups in total. The van der Waals surface area contributed by atoms with Crippen LogP contribution < -0.4 is 14.2 Å². The van der Waals surface area contributed by atoms with Crippen molar-refractivity contribution in [1.82, 2.24) is 15.2 Å². The first-order chi connectivity index (χ1) is 13.0. The molecule has 8 heteroatoms. The zero-order valence-corrected chi connectivity index (χ0v) is 17.5. The van der Waals surface area contributed by atoms with E-state index < -0.39 is 0 Å². The van der Waals surface area contributed by atoms with Gasteiger partial charge >= 0.3 is 0 Å². The van der Waals surface area contributed by atoms with E-state index in [1.807, 2.05) is 24.3 Å². The monoisotopic (exact) mass is 447 g/mol. The summed E-state index contributed by atoms with van der Waals surface area (Å²) in [7, 11) is 4.70. The number of rotatable bonds is 7. The molecule has 0 saturated carbocycles. The van der Waals surface area contributed by atoms with Gasteiger partial charge in [-0.2, -0.15) is 5.10 Å². The number of benzene rings is 2. The van der Waals surface area contributed by atoms with Gasteiger partial charge in [-0.05, 0) is 29.8 Å². The Morgan fingerprint density at radius 1 is 1.04 bits per heavy atom. The molecule has 0 spiro atoms. The van der Waals surface area contributed by atoms with Crippen LogP contribution in [0.15, 0.2) is 40.9 Å². The smallest absolute Gasteiger partial charge is 0.203 e. The molecule has 0 saturated heterocycles. The van der Waals surface area contributed by atoms with Crippen molar-refractivity contribution < 1.29 is 14.2 Å². The predicted octanol–water partition coefficient (Wildman–Crippen LogP) is 4.22. The molecule has 2 aromatic carbocycles. The molecule has 27 heavy (non-hydrogen) atoms. The molecule has 3 aromatic rings. The van der Waals surface area contributed by atoms with Gasteiger partial charge in [0.25, 0.3) is 0 Å². The van der Waals surface area contributed by atoms with Gasteiger partial charge in [0, 0.05) is 21.3 Å². The SMILES string of the molecule is COc1cc(-c2n[nH]c(CC(=S)c3ccc(Br)cc3)n2)cc(OC)c1OC. The van der Waals surface area contributed by atoms with Crippen molar-refractivity contribution in [2.24, 2.45) is 0 Å². The molecule has 0 aliphatic carbocycles. The van der Waals surface area contributed by atoms with E-state index in [9.17, 15) is 0 Å². The maximum Gasteiger partial charge on any atom is 0.203 e. The third-order valence-electron chi connectivity index (χ3n) is 3.95. The topological polar surface area (TPSA) is 69.3 Å². The molecular formula is C19H18BrN3O3S. The first kappa shape index (κ1) is 19.3. The third-order valence-corrected chi connectivity index (χ3v) is 4.86. The average Bonchev–Trinajstić information content (AvgIpc) is 3.15. The zero-order chi connectivity index (χ0) is 19.4. The van der Waals surface area contributed by atoms with Crippen molar-refractivity contribution in [1.29, 1.82) is 0 Å². The largest absolute Gasteiger partial charge is 0.493 e. The number of methoxy groups -OCH3 is 3. The summed E-state index contributed by atoms with van der Waals surface area (Å²) in [5.41, 5.74) is 1.74. The Morgan fingerprint density at radius 3 is 2.22 bits per heavy atom. The molecule has 0 atom stereocenters. The quantitative estimate of drug-likeness (QED) is 0.431. The van der Waals surface area contributed by atoms with Crippen LogP contribution in [0, 0.1) is 0 Å². The lowest BCUT2D eigenvalue weighted by molar-refractivity contribution is 0.324. The second-order valence-electron chi connectivity index (χ2n) is 5.63. The van der Waals surface area contributed by atoms with E-state index in [0.29, 0.717) is 35.3 Å². The highest BCUT2D eigenvalue weighted by Gasteiger charge is 2.17. The van der Waals surface area contributed by atoms with Crippen LogP contribution in [0.25, 0.3) is 11.4 Å². The van der Waals surface area contributed by atoms with Gasteiger partial charge in [0.1, 0.15) is 5.82 Å².